The summed E-state index contributed by atoms with van der Waals surface area (Å²) in [6.07, 6.45) is 7.41. The lowest BCUT2D eigenvalue weighted by molar-refractivity contribution is 0.301. The molecule has 0 bridgehead atoms. The van der Waals surface area contributed by atoms with E-state index >= 15 is 0 Å². The zero-order chi connectivity index (χ0) is 20.3. The molecule has 1 N–H and O–H groups in total. The number of hydrogen-bond donors (Lipinski definition) is 1. The number of rotatable bonds is 12. The average Bonchev–Trinajstić information content (AvgIpc) is 2.77. The largest absolute Gasteiger partial charge is 0.487 e. The van der Waals surface area contributed by atoms with E-state index in [0.717, 1.165) is 28.9 Å². The van der Waals surface area contributed by atoms with Crippen LogP contribution in [0.3, 0.4) is 0 Å². The summed E-state index contributed by atoms with van der Waals surface area (Å²) in [5, 5.41) is 4.91. The second kappa shape index (κ2) is 11.6. The van der Waals surface area contributed by atoms with Crippen molar-refractivity contribution in [1.29, 1.82) is 0 Å². The van der Waals surface area contributed by atoms with Gasteiger partial charge in [-0.3, -0.25) is 0 Å². The standard InChI is InChI=1S/C26H34N2O/c1-3-5-7-14-25(27-18-6-4-2)22-12-10-13-24(19-22)29-20-23-17-16-21-11-8-9-15-26(21)28-23/h8-13,15-17,19,25,27H,3-7,14,18,20H2,1-2H3. The first-order valence-electron chi connectivity index (χ1n) is 11.1. The minimum atomic E-state index is 0.399. The Kier molecular flexibility index (Phi) is 8.51. The van der Waals surface area contributed by atoms with Gasteiger partial charge in [0.2, 0.25) is 0 Å². The van der Waals surface area contributed by atoms with Crippen molar-refractivity contribution >= 4 is 10.9 Å². The minimum Gasteiger partial charge on any atom is -0.487 e. The molecular weight excluding hydrogens is 356 g/mol. The number of hydrogen-bond acceptors (Lipinski definition) is 3. The number of nitrogens with one attached hydrogen (secondary N) is 1. The summed E-state index contributed by atoms with van der Waals surface area (Å²) in [6, 6.07) is 21.3. The topological polar surface area (TPSA) is 34.1 Å². The van der Waals surface area contributed by atoms with Gasteiger partial charge in [0.15, 0.2) is 0 Å². The van der Waals surface area contributed by atoms with Crippen LogP contribution in [0.1, 0.15) is 69.7 Å². The second-order valence-corrected chi connectivity index (χ2v) is 7.71. The third kappa shape index (κ3) is 6.57. The molecule has 3 nitrogen and oxygen atoms in total. The molecule has 154 valence electrons. The van der Waals surface area contributed by atoms with E-state index in [2.05, 4.69) is 49.5 Å². The van der Waals surface area contributed by atoms with Gasteiger partial charge in [0, 0.05) is 11.4 Å². The first-order chi connectivity index (χ1) is 14.3. The van der Waals surface area contributed by atoms with Crippen molar-refractivity contribution < 1.29 is 4.74 Å². The maximum Gasteiger partial charge on any atom is 0.130 e. The smallest absolute Gasteiger partial charge is 0.130 e. The van der Waals surface area contributed by atoms with Crippen LogP contribution in [0.2, 0.25) is 0 Å². The Morgan fingerprint density at radius 2 is 1.76 bits per heavy atom. The van der Waals surface area contributed by atoms with Gasteiger partial charge in [-0.15, -0.1) is 0 Å². The van der Waals surface area contributed by atoms with Crippen molar-refractivity contribution in [3.8, 4) is 5.75 Å². The summed E-state index contributed by atoms with van der Waals surface area (Å²) in [5.74, 6) is 0.912. The molecule has 1 unspecified atom stereocenters. The van der Waals surface area contributed by atoms with Crippen LogP contribution >= 0.6 is 0 Å². The average molecular weight is 391 g/mol. The fraction of sp³-hybridized carbons (Fsp3) is 0.423. The predicted molar refractivity (Wildman–Crippen MR) is 122 cm³/mol. The van der Waals surface area contributed by atoms with Gasteiger partial charge in [-0.2, -0.15) is 0 Å². The highest BCUT2D eigenvalue weighted by Crippen LogP contribution is 2.24. The third-order valence-corrected chi connectivity index (χ3v) is 5.32. The van der Waals surface area contributed by atoms with Gasteiger partial charge >= 0.3 is 0 Å². The summed E-state index contributed by atoms with van der Waals surface area (Å²) in [4.78, 5) is 4.71. The Bertz CT molecular complexity index is 867. The van der Waals surface area contributed by atoms with E-state index in [-0.39, 0.29) is 0 Å². The zero-order valence-corrected chi connectivity index (χ0v) is 17.9. The molecule has 0 radical (unpaired) electrons. The Labute approximate surface area is 175 Å². The van der Waals surface area contributed by atoms with Crippen LogP contribution in [0, 0.1) is 0 Å². The second-order valence-electron chi connectivity index (χ2n) is 7.71. The summed E-state index contributed by atoms with van der Waals surface area (Å²) in [5.41, 5.74) is 3.29. The number of benzene rings is 2. The summed E-state index contributed by atoms with van der Waals surface area (Å²) in [6.45, 7) is 6.05. The molecule has 2 aromatic carbocycles. The molecule has 0 saturated heterocycles. The number of aromatic nitrogens is 1. The molecule has 3 heteroatoms. The SMILES string of the molecule is CCCCCC(NCCCC)c1cccc(OCc2ccc3ccccc3n2)c1. The van der Waals surface area contributed by atoms with E-state index in [4.69, 9.17) is 9.72 Å². The fourth-order valence-electron chi connectivity index (χ4n) is 3.61. The van der Waals surface area contributed by atoms with E-state index in [9.17, 15) is 0 Å². The lowest BCUT2D eigenvalue weighted by Crippen LogP contribution is -2.22. The van der Waals surface area contributed by atoms with Crippen LogP contribution in [0.15, 0.2) is 60.7 Å². The number of pyridine rings is 1. The number of unbranched alkanes of at least 4 members (excludes halogenated alkanes) is 3. The van der Waals surface area contributed by atoms with Crippen LogP contribution < -0.4 is 10.1 Å². The van der Waals surface area contributed by atoms with Crippen molar-refractivity contribution in [2.75, 3.05) is 6.54 Å². The van der Waals surface area contributed by atoms with Gasteiger partial charge in [-0.25, -0.2) is 4.98 Å². The third-order valence-electron chi connectivity index (χ3n) is 5.32. The van der Waals surface area contributed by atoms with Crippen LogP contribution in [0.5, 0.6) is 5.75 Å². The molecule has 3 aromatic rings. The van der Waals surface area contributed by atoms with Gasteiger partial charge in [0.1, 0.15) is 12.4 Å². The molecule has 29 heavy (non-hydrogen) atoms. The molecule has 0 fully saturated rings. The van der Waals surface area contributed by atoms with Gasteiger partial charge in [-0.1, -0.05) is 75.9 Å². The zero-order valence-electron chi connectivity index (χ0n) is 17.9. The van der Waals surface area contributed by atoms with Gasteiger partial charge in [0.25, 0.3) is 0 Å². The molecule has 1 atom stereocenters. The first kappa shape index (κ1) is 21.3. The van der Waals surface area contributed by atoms with Crippen molar-refractivity contribution in [2.45, 2.75) is 65.0 Å². The highest BCUT2D eigenvalue weighted by Gasteiger charge is 2.11. The Balaban J connectivity index is 1.65. The Hall–Kier alpha value is -2.39. The molecule has 3 rings (SSSR count). The molecule has 1 aromatic heterocycles. The lowest BCUT2D eigenvalue weighted by atomic mass is 10.00. The van der Waals surface area contributed by atoms with E-state index in [0.29, 0.717) is 12.6 Å². The fourth-order valence-corrected chi connectivity index (χ4v) is 3.61. The molecule has 1 heterocycles. The first-order valence-corrected chi connectivity index (χ1v) is 11.1. The summed E-state index contributed by atoms with van der Waals surface area (Å²) < 4.78 is 6.09. The molecule has 0 saturated carbocycles. The summed E-state index contributed by atoms with van der Waals surface area (Å²) in [7, 11) is 0. The number of nitrogens with zero attached hydrogens (tertiary/aromatic N) is 1. The van der Waals surface area contributed by atoms with Crippen molar-refractivity contribution in [2.24, 2.45) is 0 Å². The molecule has 0 aliphatic carbocycles. The highest BCUT2D eigenvalue weighted by atomic mass is 16.5. The quantitative estimate of drug-likeness (QED) is 0.344. The van der Waals surface area contributed by atoms with Crippen molar-refractivity contribution in [3.05, 3.63) is 71.9 Å². The highest BCUT2D eigenvalue weighted by molar-refractivity contribution is 5.78. The van der Waals surface area contributed by atoms with E-state index in [1.807, 2.05) is 30.3 Å². The molecular formula is C26H34N2O. The van der Waals surface area contributed by atoms with E-state index in [1.54, 1.807) is 0 Å². The van der Waals surface area contributed by atoms with Crippen LogP contribution in [-0.2, 0) is 6.61 Å². The van der Waals surface area contributed by atoms with Crippen LogP contribution in [0.4, 0.5) is 0 Å². The van der Waals surface area contributed by atoms with E-state index in [1.165, 1.54) is 44.1 Å². The normalized spacial score (nSPS) is 12.2. The van der Waals surface area contributed by atoms with E-state index < -0.39 is 0 Å². The number of para-hydroxylation sites is 1. The molecule has 0 amide bonds. The maximum atomic E-state index is 6.09. The maximum absolute atomic E-state index is 6.09. The van der Waals surface area contributed by atoms with Crippen LogP contribution in [-0.4, -0.2) is 11.5 Å². The van der Waals surface area contributed by atoms with Crippen LogP contribution in [0.25, 0.3) is 10.9 Å². The Morgan fingerprint density at radius 3 is 2.62 bits per heavy atom. The van der Waals surface area contributed by atoms with Crippen molar-refractivity contribution in [3.63, 3.8) is 0 Å². The van der Waals surface area contributed by atoms with Crippen molar-refractivity contribution in [1.82, 2.24) is 10.3 Å². The molecule has 0 aliphatic heterocycles. The molecule has 0 aliphatic rings. The molecule has 0 spiro atoms. The van der Waals surface area contributed by atoms with Gasteiger partial charge in [-0.05, 0) is 49.2 Å². The predicted octanol–water partition coefficient (Wildman–Crippen LogP) is 6.82. The Morgan fingerprint density at radius 1 is 0.897 bits per heavy atom. The summed E-state index contributed by atoms with van der Waals surface area (Å²) >= 11 is 0. The monoisotopic (exact) mass is 390 g/mol. The number of fused-ring (bicyclic) bond motifs is 1. The number of ether oxygens (including phenoxy) is 1. The minimum absolute atomic E-state index is 0.399. The van der Waals surface area contributed by atoms with Gasteiger partial charge in [0.05, 0.1) is 11.2 Å². The van der Waals surface area contributed by atoms with Gasteiger partial charge < -0.3 is 10.1 Å². The lowest BCUT2D eigenvalue weighted by Gasteiger charge is -2.20.